The summed E-state index contributed by atoms with van der Waals surface area (Å²) < 4.78 is 5.37. The van der Waals surface area contributed by atoms with Crippen LogP contribution >= 0.6 is 0 Å². The molecule has 1 N–H and O–H groups in total. The van der Waals surface area contributed by atoms with Gasteiger partial charge in [0.2, 0.25) is 0 Å². The van der Waals surface area contributed by atoms with Gasteiger partial charge in [-0.15, -0.1) is 0 Å². The van der Waals surface area contributed by atoms with Crippen LogP contribution in [0.3, 0.4) is 0 Å². The van der Waals surface area contributed by atoms with Crippen molar-refractivity contribution in [2.45, 2.75) is 57.8 Å². The molecule has 1 heterocycles. The van der Waals surface area contributed by atoms with Gasteiger partial charge in [0.25, 0.3) is 0 Å². The molecule has 0 amide bonds. The lowest BCUT2D eigenvalue weighted by Gasteiger charge is -2.31. The smallest absolute Gasteiger partial charge is 0.117 e. The number of hydrogen-bond acceptors (Lipinski definition) is 3. The number of nitrogens with zero attached hydrogens (tertiary/aromatic N) is 1. The predicted molar refractivity (Wildman–Crippen MR) is 94.0 cm³/mol. The van der Waals surface area contributed by atoms with E-state index in [1.54, 1.807) is 6.26 Å². The second-order valence-corrected chi connectivity index (χ2v) is 6.66. The van der Waals surface area contributed by atoms with Crippen molar-refractivity contribution in [3.63, 3.8) is 0 Å². The Labute approximate surface area is 139 Å². The SMILES string of the molecule is CN(Cc1ccccc1CNCc1ccco1)C1CCCCC1. The van der Waals surface area contributed by atoms with E-state index < -0.39 is 0 Å². The molecule has 23 heavy (non-hydrogen) atoms. The maximum atomic E-state index is 5.37. The summed E-state index contributed by atoms with van der Waals surface area (Å²) in [4.78, 5) is 2.55. The first kappa shape index (κ1) is 16.3. The summed E-state index contributed by atoms with van der Waals surface area (Å²) in [5.74, 6) is 0.988. The van der Waals surface area contributed by atoms with Gasteiger partial charge in [0.1, 0.15) is 5.76 Å². The number of benzene rings is 1. The molecule has 3 nitrogen and oxygen atoms in total. The van der Waals surface area contributed by atoms with Crippen LogP contribution in [-0.2, 0) is 19.6 Å². The van der Waals surface area contributed by atoms with Crippen molar-refractivity contribution in [2.75, 3.05) is 7.05 Å². The summed E-state index contributed by atoms with van der Waals surface area (Å²) in [7, 11) is 2.28. The number of furan rings is 1. The van der Waals surface area contributed by atoms with Gasteiger partial charge in [-0.3, -0.25) is 4.90 Å². The molecule has 2 aromatic rings. The minimum Gasteiger partial charge on any atom is -0.468 e. The third-order valence-corrected chi connectivity index (χ3v) is 4.93. The Morgan fingerprint density at radius 2 is 1.78 bits per heavy atom. The van der Waals surface area contributed by atoms with Gasteiger partial charge >= 0.3 is 0 Å². The lowest BCUT2D eigenvalue weighted by Crippen LogP contribution is -2.33. The quantitative estimate of drug-likeness (QED) is 0.824. The van der Waals surface area contributed by atoms with Crippen molar-refractivity contribution in [1.29, 1.82) is 0 Å². The van der Waals surface area contributed by atoms with Gasteiger partial charge in [0.15, 0.2) is 0 Å². The first-order chi connectivity index (χ1) is 11.3. The van der Waals surface area contributed by atoms with Crippen LogP contribution in [0.15, 0.2) is 47.1 Å². The van der Waals surface area contributed by atoms with Crippen molar-refractivity contribution in [2.24, 2.45) is 0 Å². The summed E-state index contributed by atoms with van der Waals surface area (Å²) in [5.41, 5.74) is 2.83. The summed E-state index contributed by atoms with van der Waals surface area (Å²) >= 11 is 0. The van der Waals surface area contributed by atoms with E-state index in [0.29, 0.717) is 0 Å². The third kappa shape index (κ3) is 4.69. The predicted octanol–water partition coefficient (Wildman–Crippen LogP) is 4.33. The van der Waals surface area contributed by atoms with E-state index in [2.05, 4.69) is 41.5 Å². The zero-order chi connectivity index (χ0) is 15.9. The Bertz CT molecular complexity index is 573. The van der Waals surface area contributed by atoms with Crippen LogP contribution in [0.25, 0.3) is 0 Å². The summed E-state index contributed by atoms with van der Waals surface area (Å²) in [6.07, 6.45) is 8.63. The zero-order valence-corrected chi connectivity index (χ0v) is 14.1. The highest BCUT2D eigenvalue weighted by Crippen LogP contribution is 2.23. The molecule has 0 spiro atoms. The molecule has 1 fully saturated rings. The van der Waals surface area contributed by atoms with E-state index in [-0.39, 0.29) is 0 Å². The van der Waals surface area contributed by atoms with Crippen LogP contribution in [0.5, 0.6) is 0 Å². The molecular formula is C20H28N2O. The van der Waals surface area contributed by atoms with Gasteiger partial charge in [0.05, 0.1) is 12.8 Å². The van der Waals surface area contributed by atoms with Crippen molar-refractivity contribution < 1.29 is 4.42 Å². The van der Waals surface area contributed by atoms with Crippen LogP contribution < -0.4 is 5.32 Å². The Hall–Kier alpha value is -1.58. The molecule has 0 aliphatic heterocycles. The van der Waals surface area contributed by atoms with E-state index in [1.807, 2.05) is 12.1 Å². The summed E-state index contributed by atoms with van der Waals surface area (Å²) in [5, 5.41) is 3.49. The molecule has 0 radical (unpaired) electrons. The molecule has 0 saturated heterocycles. The lowest BCUT2D eigenvalue weighted by molar-refractivity contribution is 0.184. The molecule has 0 unspecified atom stereocenters. The van der Waals surface area contributed by atoms with Crippen molar-refractivity contribution in [1.82, 2.24) is 10.2 Å². The molecule has 1 aromatic heterocycles. The van der Waals surface area contributed by atoms with E-state index >= 15 is 0 Å². The molecule has 1 aliphatic rings. The highest BCUT2D eigenvalue weighted by atomic mass is 16.3. The van der Waals surface area contributed by atoms with Crippen molar-refractivity contribution >= 4 is 0 Å². The Balaban J connectivity index is 1.56. The third-order valence-electron chi connectivity index (χ3n) is 4.93. The topological polar surface area (TPSA) is 28.4 Å². The monoisotopic (exact) mass is 312 g/mol. The lowest BCUT2D eigenvalue weighted by atomic mass is 9.94. The molecule has 3 rings (SSSR count). The van der Waals surface area contributed by atoms with Gasteiger partial charge < -0.3 is 9.73 Å². The zero-order valence-electron chi connectivity index (χ0n) is 14.1. The van der Waals surface area contributed by atoms with E-state index in [0.717, 1.165) is 31.4 Å². The standard InChI is InChI=1S/C20H28N2O/c1-22(19-10-3-2-4-11-19)16-18-9-6-5-8-17(18)14-21-15-20-12-7-13-23-20/h5-9,12-13,19,21H,2-4,10-11,14-16H2,1H3. The molecule has 3 heteroatoms. The average molecular weight is 312 g/mol. The second kappa shape index (κ2) is 8.32. The van der Waals surface area contributed by atoms with Crippen LogP contribution in [0, 0.1) is 0 Å². The fourth-order valence-electron chi connectivity index (χ4n) is 3.54. The maximum absolute atomic E-state index is 5.37. The van der Waals surface area contributed by atoms with E-state index in [4.69, 9.17) is 4.42 Å². The van der Waals surface area contributed by atoms with Gasteiger partial charge in [-0.1, -0.05) is 43.5 Å². The molecular weight excluding hydrogens is 284 g/mol. The molecule has 1 saturated carbocycles. The van der Waals surface area contributed by atoms with Crippen LogP contribution in [0.2, 0.25) is 0 Å². The number of nitrogens with one attached hydrogen (secondary N) is 1. The first-order valence-corrected chi connectivity index (χ1v) is 8.83. The van der Waals surface area contributed by atoms with Gasteiger partial charge in [-0.2, -0.15) is 0 Å². The normalized spacial score (nSPS) is 16.1. The maximum Gasteiger partial charge on any atom is 0.117 e. The van der Waals surface area contributed by atoms with Gasteiger partial charge in [-0.25, -0.2) is 0 Å². The Kier molecular flexibility index (Phi) is 5.89. The minimum atomic E-state index is 0.757. The van der Waals surface area contributed by atoms with Crippen molar-refractivity contribution in [3.05, 3.63) is 59.5 Å². The molecule has 124 valence electrons. The van der Waals surface area contributed by atoms with Crippen LogP contribution in [0.4, 0.5) is 0 Å². The fourth-order valence-corrected chi connectivity index (χ4v) is 3.54. The first-order valence-electron chi connectivity index (χ1n) is 8.83. The average Bonchev–Trinajstić information content (AvgIpc) is 3.10. The highest BCUT2D eigenvalue weighted by molar-refractivity contribution is 5.27. The molecule has 0 atom stereocenters. The van der Waals surface area contributed by atoms with E-state index in [9.17, 15) is 0 Å². The van der Waals surface area contributed by atoms with E-state index in [1.165, 1.54) is 43.2 Å². The minimum absolute atomic E-state index is 0.757. The summed E-state index contributed by atoms with van der Waals surface area (Å²) in [6.45, 7) is 2.71. The highest BCUT2D eigenvalue weighted by Gasteiger charge is 2.18. The Morgan fingerprint density at radius 1 is 1.00 bits per heavy atom. The van der Waals surface area contributed by atoms with Crippen LogP contribution in [0.1, 0.15) is 49.0 Å². The fraction of sp³-hybridized carbons (Fsp3) is 0.500. The largest absolute Gasteiger partial charge is 0.468 e. The van der Waals surface area contributed by atoms with Gasteiger partial charge in [-0.05, 0) is 43.1 Å². The molecule has 0 bridgehead atoms. The summed E-state index contributed by atoms with van der Waals surface area (Å²) in [6, 6.07) is 13.5. The van der Waals surface area contributed by atoms with Crippen molar-refractivity contribution in [3.8, 4) is 0 Å². The second-order valence-electron chi connectivity index (χ2n) is 6.66. The number of hydrogen-bond donors (Lipinski definition) is 1. The molecule has 1 aromatic carbocycles. The Morgan fingerprint density at radius 3 is 2.52 bits per heavy atom. The van der Waals surface area contributed by atoms with Crippen LogP contribution in [-0.4, -0.2) is 18.0 Å². The number of rotatable bonds is 7. The molecule has 1 aliphatic carbocycles. The van der Waals surface area contributed by atoms with Gasteiger partial charge in [0, 0.05) is 19.1 Å².